The predicted octanol–water partition coefficient (Wildman–Crippen LogP) is 4.08. The topological polar surface area (TPSA) is 117 Å². The third kappa shape index (κ3) is 6.57. The number of fused-ring (bicyclic) bond motifs is 1. The number of hydrogen-bond donors (Lipinski definition) is 4. The van der Waals surface area contributed by atoms with E-state index in [0.717, 1.165) is 24.9 Å². The maximum absolute atomic E-state index is 12.6. The van der Waals surface area contributed by atoms with Crippen LogP contribution in [0.2, 0.25) is 0 Å². The molecule has 5 N–H and O–H groups in total. The second-order valence-corrected chi connectivity index (χ2v) is 8.95. The Hall–Kier alpha value is -3.35. The highest BCUT2D eigenvalue weighted by atomic mass is 16.6. The second kappa shape index (κ2) is 9.20. The van der Waals surface area contributed by atoms with Crippen LogP contribution in [0.5, 0.6) is 0 Å². The number of anilines is 2. The Kier molecular flexibility index (Phi) is 6.63. The molecule has 0 aliphatic heterocycles. The summed E-state index contributed by atoms with van der Waals surface area (Å²) in [4.78, 5) is 24.8. The number of carbonyl (C=O) groups excluding carboxylic acids is 2. The van der Waals surface area contributed by atoms with Crippen LogP contribution in [0.3, 0.4) is 0 Å². The largest absolute Gasteiger partial charge is 0.460 e. The molecule has 7 heteroatoms. The molecule has 1 aliphatic carbocycles. The van der Waals surface area contributed by atoms with Gasteiger partial charge in [-0.05, 0) is 93.5 Å². The number of hydrogen-bond acceptors (Lipinski definition) is 4. The van der Waals surface area contributed by atoms with Gasteiger partial charge in [0.1, 0.15) is 5.60 Å². The van der Waals surface area contributed by atoms with E-state index in [-0.39, 0.29) is 23.8 Å². The molecule has 1 atom stereocenters. The molecule has 1 unspecified atom stereocenters. The number of esters is 1. The van der Waals surface area contributed by atoms with Gasteiger partial charge in [-0.3, -0.25) is 15.0 Å². The van der Waals surface area contributed by atoms with Gasteiger partial charge in [0.2, 0.25) is 0 Å². The molecule has 3 rings (SSSR count). The molecule has 0 radical (unpaired) electrons. The molecule has 2 aromatic rings. The number of nitrogens with two attached hydrogens (primary N) is 1. The first-order chi connectivity index (χ1) is 14.6. The molecule has 164 valence electrons. The summed E-state index contributed by atoms with van der Waals surface area (Å²) in [5, 5.41) is 12.9. The van der Waals surface area contributed by atoms with E-state index in [9.17, 15) is 9.59 Å². The Bertz CT molecular complexity index is 977. The first-order valence-electron chi connectivity index (χ1n) is 10.4. The van der Waals surface area contributed by atoms with Crippen molar-refractivity contribution in [2.45, 2.75) is 52.1 Å². The highest BCUT2D eigenvalue weighted by molar-refractivity contribution is 6.04. The fraction of sp³-hybridized carbons (Fsp3) is 0.375. The smallest absolute Gasteiger partial charge is 0.306 e. The third-order valence-corrected chi connectivity index (χ3v) is 5.10. The highest BCUT2D eigenvalue weighted by Gasteiger charge is 2.24. The lowest BCUT2D eigenvalue weighted by Crippen LogP contribution is -2.26. The van der Waals surface area contributed by atoms with Gasteiger partial charge in [-0.25, -0.2) is 0 Å². The number of amides is 1. The molecular formula is C24H30N4O3. The van der Waals surface area contributed by atoms with Crippen molar-refractivity contribution < 1.29 is 14.3 Å². The summed E-state index contributed by atoms with van der Waals surface area (Å²) in [7, 11) is 0. The van der Waals surface area contributed by atoms with E-state index in [1.165, 1.54) is 11.1 Å². The van der Waals surface area contributed by atoms with Crippen LogP contribution in [0.25, 0.3) is 0 Å². The molecule has 1 aliphatic rings. The summed E-state index contributed by atoms with van der Waals surface area (Å²) in [6.45, 7) is 5.64. The normalized spacial score (nSPS) is 15.5. The third-order valence-electron chi connectivity index (χ3n) is 5.10. The van der Waals surface area contributed by atoms with Crippen LogP contribution in [0.1, 0.15) is 55.1 Å². The molecule has 0 saturated heterocycles. The molecule has 31 heavy (non-hydrogen) atoms. The Morgan fingerprint density at radius 2 is 1.74 bits per heavy atom. The van der Waals surface area contributed by atoms with Crippen molar-refractivity contribution in [3.05, 3.63) is 59.2 Å². The van der Waals surface area contributed by atoms with Gasteiger partial charge in [0.05, 0.1) is 0 Å². The minimum atomic E-state index is -0.471. The summed E-state index contributed by atoms with van der Waals surface area (Å²) >= 11 is 0. The molecule has 0 saturated carbocycles. The van der Waals surface area contributed by atoms with Crippen molar-refractivity contribution in [3.63, 3.8) is 0 Å². The molecule has 7 nitrogen and oxygen atoms in total. The molecule has 1 amide bonds. The van der Waals surface area contributed by atoms with Gasteiger partial charge < -0.3 is 21.1 Å². The van der Waals surface area contributed by atoms with Gasteiger partial charge in [-0.2, -0.15) is 0 Å². The van der Waals surface area contributed by atoms with Crippen LogP contribution in [-0.4, -0.2) is 23.4 Å². The molecule has 0 bridgehead atoms. The van der Waals surface area contributed by atoms with E-state index in [4.69, 9.17) is 15.9 Å². The van der Waals surface area contributed by atoms with Crippen LogP contribution in [-0.2, 0) is 22.4 Å². The minimum Gasteiger partial charge on any atom is -0.460 e. The fourth-order valence-electron chi connectivity index (χ4n) is 3.77. The first kappa shape index (κ1) is 22.3. The van der Waals surface area contributed by atoms with E-state index >= 15 is 0 Å². The van der Waals surface area contributed by atoms with Crippen molar-refractivity contribution in [2.75, 3.05) is 10.6 Å². The van der Waals surface area contributed by atoms with Gasteiger partial charge in [-0.1, -0.05) is 6.07 Å². The maximum atomic E-state index is 12.6. The fourth-order valence-corrected chi connectivity index (χ4v) is 3.77. The Morgan fingerprint density at radius 1 is 1.06 bits per heavy atom. The zero-order valence-electron chi connectivity index (χ0n) is 18.2. The molecular weight excluding hydrogens is 392 g/mol. The van der Waals surface area contributed by atoms with E-state index in [2.05, 4.69) is 16.7 Å². The van der Waals surface area contributed by atoms with E-state index in [0.29, 0.717) is 17.7 Å². The van der Waals surface area contributed by atoms with Crippen molar-refractivity contribution in [2.24, 2.45) is 11.7 Å². The summed E-state index contributed by atoms with van der Waals surface area (Å²) in [5.74, 6) is -0.283. The Morgan fingerprint density at radius 3 is 2.39 bits per heavy atom. The summed E-state index contributed by atoms with van der Waals surface area (Å²) in [5.41, 5.74) is 9.15. The number of carbonyl (C=O) groups is 2. The van der Waals surface area contributed by atoms with Gasteiger partial charge in [-0.15, -0.1) is 0 Å². The predicted molar refractivity (Wildman–Crippen MR) is 122 cm³/mol. The number of ether oxygens (including phenoxy) is 1. The number of nitrogens with one attached hydrogen (secondary N) is 3. The van der Waals surface area contributed by atoms with Crippen molar-refractivity contribution in [3.8, 4) is 0 Å². The van der Waals surface area contributed by atoms with Gasteiger partial charge in [0.25, 0.3) is 5.91 Å². The molecule has 0 aromatic heterocycles. The van der Waals surface area contributed by atoms with Crippen LogP contribution >= 0.6 is 0 Å². The van der Waals surface area contributed by atoms with Gasteiger partial charge in [0.15, 0.2) is 5.96 Å². The maximum Gasteiger partial charge on any atom is 0.306 e. The lowest BCUT2D eigenvalue weighted by molar-refractivity contribution is -0.156. The van der Waals surface area contributed by atoms with Crippen LogP contribution in [0.15, 0.2) is 42.5 Å². The number of benzene rings is 2. The quantitative estimate of drug-likeness (QED) is 0.329. The van der Waals surface area contributed by atoms with Crippen LogP contribution < -0.4 is 16.4 Å². The summed E-state index contributed by atoms with van der Waals surface area (Å²) < 4.78 is 5.46. The molecule has 0 heterocycles. The second-order valence-electron chi connectivity index (χ2n) is 8.95. The summed E-state index contributed by atoms with van der Waals surface area (Å²) in [6, 6.07) is 12.7. The lowest BCUT2D eigenvalue weighted by Gasteiger charge is -2.26. The standard InChI is InChI=1S/C24H30N4O3/c1-24(2,3)31-21(29)13-15-4-5-16-6-11-20(14-18(16)12-15)27-22(30)17-7-9-19(10-8-17)28-23(25)26/h6-11,14-15H,4-5,12-13H2,1-3H3,(H,27,30)(H4,25,26,28). The molecule has 2 aromatic carbocycles. The van der Waals surface area contributed by atoms with Gasteiger partial charge in [0, 0.05) is 23.4 Å². The monoisotopic (exact) mass is 422 g/mol. The molecule has 0 fully saturated rings. The number of aryl methyl sites for hydroxylation is 1. The minimum absolute atomic E-state index is 0.156. The van der Waals surface area contributed by atoms with Gasteiger partial charge >= 0.3 is 5.97 Å². The number of rotatable bonds is 5. The van der Waals surface area contributed by atoms with E-state index < -0.39 is 5.60 Å². The van der Waals surface area contributed by atoms with Crippen LogP contribution in [0.4, 0.5) is 11.4 Å². The Balaban J connectivity index is 1.63. The first-order valence-corrected chi connectivity index (χ1v) is 10.4. The highest BCUT2D eigenvalue weighted by Crippen LogP contribution is 2.30. The van der Waals surface area contributed by atoms with Crippen molar-refractivity contribution in [1.29, 1.82) is 5.41 Å². The van der Waals surface area contributed by atoms with Crippen molar-refractivity contribution >= 4 is 29.2 Å². The Labute approximate surface area is 182 Å². The lowest BCUT2D eigenvalue weighted by atomic mass is 9.82. The average Bonchev–Trinajstić information content (AvgIpc) is 2.66. The zero-order chi connectivity index (χ0) is 22.6. The summed E-state index contributed by atoms with van der Waals surface area (Å²) in [6.07, 6.45) is 3.08. The van der Waals surface area contributed by atoms with E-state index in [1.54, 1.807) is 24.3 Å². The SMILES string of the molecule is CC(C)(C)OC(=O)CC1CCc2ccc(NC(=O)c3ccc(NC(=N)N)cc3)cc2C1. The zero-order valence-corrected chi connectivity index (χ0v) is 18.2. The average molecular weight is 423 g/mol. The van der Waals surface area contributed by atoms with E-state index in [1.807, 2.05) is 32.9 Å². The number of guanidine groups is 1. The van der Waals surface area contributed by atoms with Crippen LogP contribution in [0, 0.1) is 11.3 Å². The van der Waals surface area contributed by atoms with Crippen molar-refractivity contribution in [1.82, 2.24) is 0 Å². The molecule has 0 spiro atoms.